The highest BCUT2D eigenvalue weighted by Gasteiger charge is 2.41. The van der Waals surface area contributed by atoms with Crippen molar-refractivity contribution in [3.05, 3.63) is 46.5 Å². The Kier molecular flexibility index (Phi) is 3.95. The van der Waals surface area contributed by atoms with Crippen LogP contribution in [0.3, 0.4) is 0 Å². The van der Waals surface area contributed by atoms with Crippen molar-refractivity contribution in [3.63, 3.8) is 0 Å². The number of rotatable bonds is 3. The van der Waals surface area contributed by atoms with E-state index in [9.17, 15) is 0 Å². The predicted molar refractivity (Wildman–Crippen MR) is 83.2 cm³/mol. The maximum Gasteiger partial charge on any atom is 0.137 e. The van der Waals surface area contributed by atoms with Gasteiger partial charge < -0.3 is 0 Å². The van der Waals surface area contributed by atoms with Gasteiger partial charge in [0.2, 0.25) is 0 Å². The molecule has 0 saturated carbocycles. The summed E-state index contributed by atoms with van der Waals surface area (Å²) in [5.74, 6) is 1.02. The van der Waals surface area contributed by atoms with E-state index in [2.05, 4.69) is 22.3 Å². The Hall–Kier alpha value is -0.750. The molecule has 1 aliphatic rings. The summed E-state index contributed by atoms with van der Waals surface area (Å²) in [7, 11) is 0. The van der Waals surface area contributed by atoms with Crippen molar-refractivity contribution in [2.24, 2.45) is 0 Å². The van der Waals surface area contributed by atoms with E-state index in [1.807, 2.05) is 28.6 Å². The van der Waals surface area contributed by atoms with Crippen LogP contribution in [0.2, 0.25) is 10.0 Å². The fraction of sp³-hybridized carbons (Fsp3) is 0.385. The van der Waals surface area contributed by atoms with Gasteiger partial charge in [-0.05, 0) is 19.1 Å². The Balaban J connectivity index is 2.01. The van der Waals surface area contributed by atoms with Crippen molar-refractivity contribution in [3.8, 4) is 0 Å². The molecule has 0 radical (unpaired) electrons. The van der Waals surface area contributed by atoms with Crippen molar-refractivity contribution in [1.29, 1.82) is 0 Å². The minimum atomic E-state index is -0.297. The molecule has 1 aliphatic heterocycles. The highest BCUT2D eigenvalue weighted by molar-refractivity contribution is 8.00. The first-order valence-electron chi connectivity index (χ1n) is 6.29. The number of nitrogens with one attached hydrogen (secondary N) is 1. The van der Waals surface area contributed by atoms with Gasteiger partial charge in [0, 0.05) is 27.4 Å². The zero-order valence-electron chi connectivity index (χ0n) is 10.9. The number of halogens is 2. The summed E-state index contributed by atoms with van der Waals surface area (Å²) in [5.41, 5.74) is 1.04. The largest absolute Gasteiger partial charge is 0.294 e. The van der Waals surface area contributed by atoms with Crippen molar-refractivity contribution >= 4 is 35.0 Å². The van der Waals surface area contributed by atoms with Crippen LogP contribution in [0.1, 0.15) is 12.5 Å². The summed E-state index contributed by atoms with van der Waals surface area (Å²) in [4.78, 5) is 3.71. The van der Waals surface area contributed by atoms with E-state index in [1.54, 1.807) is 18.7 Å². The maximum atomic E-state index is 6.40. The van der Waals surface area contributed by atoms with E-state index < -0.39 is 0 Å². The van der Waals surface area contributed by atoms with Crippen LogP contribution in [0.15, 0.2) is 30.9 Å². The second-order valence-electron chi connectivity index (χ2n) is 4.90. The molecule has 2 heterocycles. The first kappa shape index (κ1) is 14.2. The minimum absolute atomic E-state index is 0.297. The van der Waals surface area contributed by atoms with Crippen LogP contribution >= 0.6 is 35.0 Å². The first-order valence-corrected chi connectivity index (χ1v) is 8.03. The summed E-state index contributed by atoms with van der Waals surface area (Å²) in [6, 6.07) is 6.05. The van der Waals surface area contributed by atoms with Crippen LogP contribution in [0.4, 0.5) is 0 Å². The highest BCUT2D eigenvalue weighted by Crippen LogP contribution is 2.44. The third kappa shape index (κ3) is 2.68. The van der Waals surface area contributed by atoms with Gasteiger partial charge in [-0.25, -0.2) is 9.67 Å². The smallest absolute Gasteiger partial charge is 0.137 e. The molecule has 0 amide bonds. The van der Waals surface area contributed by atoms with Crippen molar-refractivity contribution in [2.75, 3.05) is 5.75 Å². The third-order valence-corrected chi connectivity index (χ3v) is 5.45. The van der Waals surface area contributed by atoms with E-state index in [0.29, 0.717) is 22.6 Å². The molecular formula is C13H14Cl2N4S. The number of hydrogen-bond donors (Lipinski definition) is 1. The molecule has 4 nitrogen and oxygen atoms in total. The van der Waals surface area contributed by atoms with E-state index in [1.165, 1.54) is 0 Å². The number of thioether (sulfide) groups is 1. The zero-order valence-corrected chi connectivity index (χ0v) is 13.2. The van der Waals surface area contributed by atoms with Gasteiger partial charge in [0.1, 0.15) is 17.5 Å². The number of benzene rings is 1. The summed E-state index contributed by atoms with van der Waals surface area (Å²) in [6.45, 7) is 2.84. The Morgan fingerprint density at radius 2 is 2.35 bits per heavy atom. The number of nitrogens with zero attached hydrogens (tertiary/aromatic N) is 3. The summed E-state index contributed by atoms with van der Waals surface area (Å²) in [5, 5.41) is 9.15. The Morgan fingerprint density at radius 1 is 1.50 bits per heavy atom. The Labute approximate surface area is 131 Å². The van der Waals surface area contributed by atoms with Crippen LogP contribution in [0.5, 0.6) is 0 Å². The van der Waals surface area contributed by atoms with Gasteiger partial charge in [-0.3, -0.25) is 5.32 Å². The van der Waals surface area contributed by atoms with Gasteiger partial charge in [-0.15, -0.1) is 11.8 Å². The summed E-state index contributed by atoms with van der Waals surface area (Å²) in [6.07, 6.45) is 3.26. The second-order valence-corrected chi connectivity index (χ2v) is 7.06. The van der Waals surface area contributed by atoms with Crippen molar-refractivity contribution < 1.29 is 0 Å². The maximum absolute atomic E-state index is 6.40. The van der Waals surface area contributed by atoms with E-state index >= 15 is 0 Å². The molecule has 2 atom stereocenters. The molecule has 2 aromatic rings. The molecule has 0 aliphatic carbocycles. The molecule has 2 unspecified atom stereocenters. The molecule has 106 valence electrons. The highest BCUT2D eigenvalue weighted by atomic mass is 35.5. The van der Waals surface area contributed by atoms with E-state index in [0.717, 1.165) is 11.3 Å². The van der Waals surface area contributed by atoms with Gasteiger partial charge in [0.15, 0.2) is 0 Å². The Morgan fingerprint density at radius 3 is 2.95 bits per heavy atom. The average molecular weight is 329 g/mol. The molecule has 20 heavy (non-hydrogen) atoms. The minimum Gasteiger partial charge on any atom is -0.294 e. The molecule has 1 N–H and O–H groups in total. The predicted octanol–water partition coefficient (Wildman–Crippen LogP) is 3.16. The quantitative estimate of drug-likeness (QED) is 0.939. The molecule has 1 aromatic carbocycles. The molecule has 0 spiro atoms. The van der Waals surface area contributed by atoms with E-state index in [4.69, 9.17) is 23.2 Å². The normalized spacial score (nSPS) is 26.1. The number of aromatic nitrogens is 3. The summed E-state index contributed by atoms with van der Waals surface area (Å²) >= 11 is 14.2. The van der Waals surface area contributed by atoms with Crippen molar-refractivity contribution in [2.45, 2.75) is 24.4 Å². The van der Waals surface area contributed by atoms with Gasteiger partial charge in [0.05, 0.1) is 6.54 Å². The lowest BCUT2D eigenvalue weighted by atomic mass is 10.1. The van der Waals surface area contributed by atoms with Crippen molar-refractivity contribution in [1.82, 2.24) is 20.1 Å². The zero-order chi connectivity index (χ0) is 14.2. The van der Waals surface area contributed by atoms with Crippen LogP contribution in [0.25, 0.3) is 0 Å². The lowest BCUT2D eigenvalue weighted by molar-refractivity contribution is 0.390. The van der Waals surface area contributed by atoms with Crippen LogP contribution in [-0.4, -0.2) is 26.6 Å². The number of hydrogen-bond acceptors (Lipinski definition) is 4. The molecule has 3 rings (SSSR count). The Bertz CT molecular complexity index is 604. The van der Waals surface area contributed by atoms with E-state index in [-0.39, 0.29) is 4.87 Å². The fourth-order valence-electron chi connectivity index (χ4n) is 2.44. The molecule has 0 bridgehead atoms. The SMILES string of the molecule is CC1CSC(Cn2cncn2)(c2ccc(Cl)cc2Cl)N1. The van der Waals surface area contributed by atoms with Crippen LogP contribution < -0.4 is 5.32 Å². The molecule has 7 heteroatoms. The lowest BCUT2D eigenvalue weighted by Gasteiger charge is -2.30. The standard InChI is InChI=1S/C13H14Cl2N4S/c1-9-5-20-13(18-9,6-19-8-16-7-17-19)11-3-2-10(14)4-12(11)15/h2-4,7-9,18H,5-6H2,1H3. The average Bonchev–Trinajstić information content (AvgIpc) is 3.00. The van der Waals surface area contributed by atoms with Gasteiger partial charge >= 0.3 is 0 Å². The second kappa shape index (κ2) is 5.56. The lowest BCUT2D eigenvalue weighted by Crippen LogP contribution is -2.42. The van der Waals surface area contributed by atoms with Crippen LogP contribution in [0, 0.1) is 0 Å². The molecule has 1 fully saturated rings. The molecule has 1 saturated heterocycles. The van der Waals surface area contributed by atoms with Gasteiger partial charge in [0.25, 0.3) is 0 Å². The first-order chi connectivity index (χ1) is 9.59. The monoisotopic (exact) mass is 328 g/mol. The summed E-state index contributed by atoms with van der Waals surface area (Å²) < 4.78 is 1.82. The van der Waals surface area contributed by atoms with Crippen LogP contribution in [-0.2, 0) is 11.4 Å². The fourth-order valence-corrected chi connectivity index (χ4v) is 4.53. The van der Waals surface area contributed by atoms with Gasteiger partial charge in [-0.1, -0.05) is 29.3 Å². The molecular weight excluding hydrogens is 315 g/mol. The third-order valence-electron chi connectivity index (χ3n) is 3.28. The molecule has 1 aromatic heterocycles. The van der Waals surface area contributed by atoms with Gasteiger partial charge in [-0.2, -0.15) is 5.10 Å². The topological polar surface area (TPSA) is 42.7 Å².